The molecule has 0 heterocycles. The first-order valence-corrected chi connectivity index (χ1v) is 11.4. The second-order valence-corrected chi connectivity index (χ2v) is 9.85. The number of carbonyl (C=O) groups is 2. The summed E-state index contributed by atoms with van der Waals surface area (Å²) in [7, 11) is 0. The van der Waals surface area contributed by atoms with Crippen molar-refractivity contribution in [3.8, 4) is 11.8 Å². The van der Waals surface area contributed by atoms with E-state index in [4.69, 9.17) is 4.74 Å². The van der Waals surface area contributed by atoms with E-state index in [0.717, 1.165) is 44.5 Å². The van der Waals surface area contributed by atoms with Gasteiger partial charge in [0.05, 0.1) is 6.54 Å². The lowest BCUT2D eigenvalue weighted by molar-refractivity contribution is 0.0535. The number of ether oxygens (including phenoxy) is 1. The molecule has 0 radical (unpaired) electrons. The second-order valence-electron chi connectivity index (χ2n) is 9.85. The topological polar surface area (TPSA) is 55.4 Å². The molecule has 0 aliphatic carbocycles. The largest absolute Gasteiger partial charge is 0.444 e. The van der Waals surface area contributed by atoms with Crippen LogP contribution < -0.4 is 5.32 Å². The third kappa shape index (κ3) is 5.66. The Labute approximate surface area is 199 Å². The van der Waals surface area contributed by atoms with Crippen LogP contribution in [0.3, 0.4) is 0 Å². The molecule has 0 bridgehead atoms. The number of hydrogen-bond donors (Lipinski definition) is 1. The lowest BCUT2D eigenvalue weighted by atomic mass is 9.83. The molecule has 0 spiro atoms. The van der Waals surface area contributed by atoms with Crippen LogP contribution in [0.2, 0.25) is 0 Å². The molecule has 0 aliphatic rings. The molecule has 0 saturated heterocycles. The number of aryl methyl sites for hydroxylation is 1. The zero-order valence-electron chi connectivity index (χ0n) is 22.0. The third-order valence-corrected chi connectivity index (χ3v) is 6.56. The summed E-state index contributed by atoms with van der Waals surface area (Å²) in [5.41, 5.74) is 10.2. The summed E-state index contributed by atoms with van der Waals surface area (Å²) in [6.07, 6.45) is -0.512. The highest BCUT2D eigenvalue weighted by molar-refractivity contribution is 6.13. The van der Waals surface area contributed by atoms with E-state index in [9.17, 15) is 9.59 Å². The standard InChI is InChI=1S/C29H37NO3/c1-16-15-25(27(31)26-22(7)19(4)18(3)20(5)23(26)8)24(21(6)17(16)2)13-12-14-30-28(32)33-29(9,10)11/h15H,14H2,1-11H3,(H,30,32). The van der Waals surface area contributed by atoms with Gasteiger partial charge in [-0.2, -0.15) is 0 Å². The Hall–Kier alpha value is -3.06. The van der Waals surface area contributed by atoms with Crippen molar-refractivity contribution in [3.63, 3.8) is 0 Å². The third-order valence-electron chi connectivity index (χ3n) is 6.56. The van der Waals surface area contributed by atoms with Gasteiger partial charge in [0, 0.05) is 16.7 Å². The van der Waals surface area contributed by atoms with Crippen LogP contribution in [0.5, 0.6) is 0 Å². The minimum atomic E-state index is -0.568. The average molecular weight is 448 g/mol. The molecule has 0 saturated carbocycles. The first-order valence-electron chi connectivity index (χ1n) is 11.4. The summed E-state index contributed by atoms with van der Waals surface area (Å²) in [5, 5.41) is 2.65. The maximum atomic E-state index is 13.9. The number of nitrogens with one attached hydrogen (secondary N) is 1. The quantitative estimate of drug-likeness (QED) is 0.446. The van der Waals surface area contributed by atoms with Gasteiger partial charge in [0.1, 0.15) is 5.60 Å². The van der Waals surface area contributed by atoms with Gasteiger partial charge in [-0.1, -0.05) is 11.8 Å². The van der Waals surface area contributed by atoms with E-state index in [1.165, 1.54) is 5.56 Å². The fourth-order valence-corrected chi connectivity index (χ4v) is 3.96. The summed E-state index contributed by atoms with van der Waals surface area (Å²) in [5.74, 6) is 6.15. The van der Waals surface area contributed by atoms with Crippen molar-refractivity contribution in [1.82, 2.24) is 5.32 Å². The molecule has 0 aliphatic heterocycles. The number of benzene rings is 2. The molecule has 2 aromatic carbocycles. The van der Waals surface area contributed by atoms with E-state index in [-0.39, 0.29) is 12.3 Å². The molecular weight excluding hydrogens is 410 g/mol. The SMILES string of the molecule is Cc1cc(C(=O)c2c(C)c(C)c(C)c(C)c2C)c(C#CCNC(=O)OC(C)(C)C)c(C)c1C. The first kappa shape index (κ1) is 26.2. The van der Waals surface area contributed by atoms with Crippen molar-refractivity contribution >= 4 is 11.9 Å². The van der Waals surface area contributed by atoms with Crippen LogP contribution in [0.25, 0.3) is 0 Å². The molecule has 1 N–H and O–H groups in total. The van der Waals surface area contributed by atoms with Crippen molar-refractivity contribution in [2.45, 2.75) is 81.8 Å². The summed E-state index contributed by atoms with van der Waals surface area (Å²) >= 11 is 0. The molecule has 0 fully saturated rings. The van der Waals surface area contributed by atoms with Crippen molar-refractivity contribution in [2.24, 2.45) is 0 Å². The number of ketones is 1. The van der Waals surface area contributed by atoms with Gasteiger partial charge in [0.15, 0.2) is 5.78 Å². The van der Waals surface area contributed by atoms with Gasteiger partial charge in [-0.25, -0.2) is 4.79 Å². The highest BCUT2D eigenvalue weighted by Gasteiger charge is 2.23. The number of alkyl carbamates (subject to hydrolysis) is 1. The Kier molecular flexibility index (Phi) is 7.80. The van der Waals surface area contributed by atoms with Crippen LogP contribution in [0.1, 0.15) is 86.8 Å². The number of amides is 1. The highest BCUT2D eigenvalue weighted by Crippen LogP contribution is 2.30. The average Bonchev–Trinajstić information content (AvgIpc) is 2.72. The molecule has 33 heavy (non-hydrogen) atoms. The number of hydrogen-bond acceptors (Lipinski definition) is 3. The Morgan fingerprint density at radius 2 is 1.33 bits per heavy atom. The van der Waals surface area contributed by atoms with Crippen molar-refractivity contribution in [2.75, 3.05) is 6.54 Å². The summed E-state index contributed by atoms with van der Waals surface area (Å²) < 4.78 is 5.25. The predicted molar refractivity (Wildman–Crippen MR) is 135 cm³/mol. The number of carbonyl (C=O) groups excluding carboxylic acids is 2. The zero-order valence-corrected chi connectivity index (χ0v) is 22.0. The molecule has 4 heteroatoms. The van der Waals surface area contributed by atoms with Gasteiger partial charge < -0.3 is 10.1 Å². The van der Waals surface area contributed by atoms with Crippen LogP contribution in [0.15, 0.2) is 6.07 Å². The fourth-order valence-electron chi connectivity index (χ4n) is 3.96. The highest BCUT2D eigenvalue weighted by atomic mass is 16.6. The maximum absolute atomic E-state index is 13.9. The van der Waals surface area contributed by atoms with Crippen LogP contribution in [0.4, 0.5) is 4.79 Å². The van der Waals surface area contributed by atoms with Crippen LogP contribution in [0, 0.1) is 67.2 Å². The van der Waals surface area contributed by atoms with E-state index in [2.05, 4.69) is 37.9 Å². The Morgan fingerprint density at radius 3 is 1.85 bits per heavy atom. The van der Waals surface area contributed by atoms with Gasteiger partial charge in [0.25, 0.3) is 0 Å². The smallest absolute Gasteiger partial charge is 0.408 e. The molecule has 4 nitrogen and oxygen atoms in total. The minimum absolute atomic E-state index is 0.00759. The molecule has 0 aromatic heterocycles. The Morgan fingerprint density at radius 1 is 0.818 bits per heavy atom. The molecular formula is C29H37NO3. The monoisotopic (exact) mass is 447 g/mol. The van der Waals surface area contributed by atoms with Crippen LogP contribution in [-0.4, -0.2) is 24.0 Å². The van der Waals surface area contributed by atoms with E-state index in [1.54, 1.807) is 0 Å². The molecule has 0 atom stereocenters. The molecule has 1 amide bonds. The van der Waals surface area contributed by atoms with Crippen molar-refractivity contribution < 1.29 is 14.3 Å². The predicted octanol–water partition coefficient (Wildman–Crippen LogP) is 6.26. The fraction of sp³-hybridized carbons (Fsp3) is 0.448. The summed E-state index contributed by atoms with van der Waals surface area (Å²) in [4.78, 5) is 25.8. The van der Waals surface area contributed by atoms with Crippen LogP contribution in [-0.2, 0) is 4.74 Å². The minimum Gasteiger partial charge on any atom is -0.444 e. The zero-order chi connectivity index (χ0) is 25.2. The summed E-state index contributed by atoms with van der Waals surface area (Å²) in [6.45, 7) is 21.9. The van der Waals surface area contributed by atoms with E-state index >= 15 is 0 Å². The maximum Gasteiger partial charge on any atom is 0.408 e. The Balaban J connectivity index is 2.53. The van der Waals surface area contributed by atoms with Crippen LogP contribution >= 0.6 is 0 Å². The van der Waals surface area contributed by atoms with Gasteiger partial charge >= 0.3 is 6.09 Å². The van der Waals surface area contributed by atoms with Gasteiger partial charge in [0.2, 0.25) is 0 Å². The first-order chi connectivity index (χ1) is 15.2. The van der Waals surface area contributed by atoms with Gasteiger partial charge in [-0.05, 0) is 127 Å². The number of rotatable bonds is 3. The molecule has 0 unspecified atom stereocenters. The van der Waals surface area contributed by atoms with Gasteiger partial charge in [-0.3, -0.25) is 4.79 Å². The Bertz CT molecular complexity index is 1160. The molecule has 2 rings (SSSR count). The second kappa shape index (κ2) is 9.83. The lowest BCUT2D eigenvalue weighted by Crippen LogP contribution is -2.32. The van der Waals surface area contributed by atoms with E-state index < -0.39 is 11.7 Å². The summed E-state index contributed by atoms with van der Waals surface area (Å²) in [6, 6.07) is 1.94. The molecule has 176 valence electrons. The normalized spacial score (nSPS) is 11.0. The molecule has 2 aromatic rings. The van der Waals surface area contributed by atoms with Crippen molar-refractivity contribution in [1.29, 1.82) is 0 Å². The van der Waals surface area contributed by atoms with E-state index in [1.807, 2.05) is 61.5 Å². The van der Waals surface area contributed by atoms with Gasteiger partial charge in [-0.15, -0.1) is 0 Å². The van der Waals surface area contributed by atoms with Crippen molar-refractivity contribution in [3.05, 3.63) is 67.3 Å². The van der Waals surface area contributed by atoms with E-state index in [0.29, 0.717) is 11.1 Å². The lowest BCUT2D eigenvalue weighted by Gasteiger charge is -2.20.